The van der Waals surface area contributed by atoms with Crippen molar-refractivity contribution < 1.29 is 18.6 Å². The quantitative estimate of drug-likeness (QED) is 0.492. The summed E-state index contributed by atoms with van der Waals surface area (Å²) in [4.78, 5) is 11.1. The molecule has 1 N–H and O–H groups in total. The van der Waals surface area contributed by atoms with Crippen LogP contribution in [0, 0.1) is 5.82 Å². The zero-order chi connectivity index (χ0) is 23.5. The van der Waals surface area contributed by atoms with Crippen LogP contribution in [0.15, 0.2) is 30.6 Å². The van der Waals surface area contributed by atoms with Crippen LogP contribution in [0.3, 0.4) is 0 Å². The van der Waals surface area contributed by atoms with Gasteiger partial charge in [-0.1, -0.05) is 11.6 Å². The predicted octanol–water partition coefficient (Wildman–Crippen LogP) is 4.42. The Hall–Kier alpha value is -2.39. The Kier molecular flexibility index (Phi) is 8.49. The Morgan fingerprint density at radius 2 is 1.89 bits per heavy atom. The fourth-order valence-corrected chi connectivity index (χ4v) is 4.85. The molecule has 3 aromatic rings. The lowest BCUT2D eigenvalue weighted by molar-refractivity contribution is 0.170. The lowest BCUT2D eigenvalue weighted by Gasteiger charge is -2.32. The highest BCUT2D eigenvalue weighted by atomic mass is 35.5. The van der Waals surface area contributed by atoms with Crippen molar-refractivity contribution in [1.29, 1.82) is 0 Å². The summed E-state index contributed by atoms with van der Waals surface area (Å²) in [6.07, 6.45) is 6.11. The van der Waals surface area contributed by atoms with Crippen LogP contribution in [-0.2, 0) is 13.0 Å². The molecule has 4 heterocycles. The number of pyridine rings is 2. The number of nitrogens with one attached hydrogen (secondary N) is 1. The summed E-state index contributed by atoms with van der Waals surface area (Å²) in [5.41, 5.74) is 2.19. The highest BCUT2D eigenvalue weighted by Crippen LogP contribution is 2.31. The predicted molar refractivity (Wildman–Crippen MR) is 136 cm³/mol. The number of methoxy groups -OCH3 is 1. The average molecular weight is 523 g/mol. The molecule has 0 unspecified atom stereocenters. The van der Waals surface area contributed by atoms with Crippen molar-refractivity contribution in [1.82, 2.24) is 20.2 Å². The minimum atomic E-state index is -0.397. The zero-order valence-corrected chi connectivity index (χ0v) is 21.1. The van der Waals surface area contributed by atoms with E-state index in [0.29, 0.717) is 53.2 Å². The van der Waals surface area contributed by atoms with Gasteiger partial charge in [-0.3, -0.25) is 9.97 Å². The van der Waals surface area contributed by atoms with Crippen molar-refractivity contribution >= 4 is 34.9 Å². The van der Waals surface area contributed by atoms with Crippen molar-refractivity contribution in [3.63, 3.8) is 0 Å². The van der Waals surface area contributed by atoms with Crippen LogP contribution in [0.25, 0.3) is 10.9 Å². The summed E-state index contributed by atoms with van der Waals surface area (Å²) in [6, 6.07) is 5.56. The van der Waals surface area contributed by atoms with Crippen LogP contribution in [0.5, 0.6) is 17.2 Å². The molecule has 0 aliphatic carbocycles. The van der Waals surface area contributed by atoms with Crippen LogP contribution >= 0.6 is 24.0 Å². The Morgan fingerprint density at radius 1 is 1.11 bits per heavy atom. The van der Waals surface area contributed by atoms with Crippen molar-refractivity contribution in [3.8, 4) is 17.2 Å². The number of aromatic nitrogens is 2. The third kappa shape index (κ3) is 5.89. The smallest absolute Gasteiger partial charge is 0.179 e. The van der Waals surface area contributed by atoms with Crippen LogP contribution in [-0.4, -0.2) is 60.9 Å². The molecule has 0 radical (unpaired) electrons. The van der Waals surface area contributed by atoms with E-state index in [4.69, 9.17) is 25.8 Å². The zero-order valence-electron chi connectivity index (χ0n) is 19.6. The average Bonchev–Trinajstić information content (AvgIpc) is 2.87. The molecule has 1 aromatic carbocycles. The van der Waals surface area contributed by atoms with Gasteiger partial charge in [0.05, 0.1) is 24.0 Å². The third-order valence-electron chi connectivity index (χ3n) is 6.52. The van der Waals surface area contributed by atoms with E-state index in [-0.39, 0.29) is 12.4 Å². The van der Waals surface area contributed by atoms with Gasteiger partial charge in [0.2, 0.25) is 0 Å². The number of ether oxygens (including phenoxy) is 3. The van der Waals surface area contributed by atoms with E-state index in [1.165, 1.54) is 19.4 Å². The van der Waals surface area contributed by atoms with E-state index in [0.717, 1.165) is 55.9 Å². The van der Waals surface area contributed by atoms with Crippen LogP contribution < -0.4 is 19.5 Å². The monoisotopic (exact) mass is 522 g/mol. The van der Waals surface area contributed by atoms with Crippen molar-refractivity contribution in [2.24, 2.45) is 0 Å². The first kappa shape index (κ1) is 25.7. The Balaban J connectivity index is 0.00000289. The van der Waals surface area contributed by atoms with E-state index in [2.05, 4.69) is 20.2 Å². The highest BCUT2D eigenvalue weighted by Gasteiger charge is 2.21. The largest absolute Gasteiger partial charge is 0.497 e. The lowest BCUT2D eigenvalue weighted by atomic mass is 10.0. The summed E-state index contributed by atoms with van der Waals surface area (Å²) in [6.45, 7) is 4.68. The van der Waals surface area contributed by atoms with Crippen LogP contribution in [0.4, 0.5) is 4.39 Å². The van der Waals surface area contributed by atoms with Gasteiger partial charge < -0.3 is 24.4 Å². The molecule has 0 amide bonds. The molecule has 1 saturated heterocycles. The fraction of sp³-hybridized carbons (Fsp3) is 0.440. The number of likely N-dealkylation sites (tertiary alicyclic amines) is 1. The molecule has 7 nitrogen and oxygen atoms in total. The summed E-state index contributed by atoms with van der Waals surface area (Å²) in [7, 11) is 1.53. The second-order valence-corrected chi connectivity index (χ2v) is 9.06. The number of hydrogen-bond acceptors (Lipinski definition) is 7. The van der Waals surface area contributed by atoms with Gasteiger partial charge in [0.15, 0.2) is 17.3 Å². The van der Waals surface area contributed by atoms with Gasteiger partial charge in [0.25, 0.3) is 0 Å². The number of halogens is 3. The molecule has 0 saturated carbocycles. The van der Waals surface area contributed by atoms with Gasteiger partial charge in [0, 0.05) is 42.8 Å². The van der Waals surface area contributed by atoms with Crippen LogP contribution in [0.2, 0.25) is 5.02 Å². The maximum Gasteiger partial charge on any atom is 0.179 e. The SMILES string of the molecule is COc1cc(F)c2ncc(Cl)c(CCN3CCC(NCc4cc5c(cn4)OCCO5)CC3)c2c1.Cl. The summed E-state index contributed by atoms with van der Waals surface area (Å²) >= 11 is 6.46. The molecule has 0 bridgehead atoms. The molecule has 2 aliphatic rings. The van der Waals surface area contributed by atoms with Gasteiger partial charge in [-0.15, -0.1) is 12.4 Å². The topological polar surface area (TPSA) is 68.7 Å². The van der Waals surface area contributed by atoms with Crippen molar-refractivity contribution in [3.05, 3.63) is 52.7 Å². The summed E-state index contributed by atoms with van der Waals surface area (Å²) in [5.74, 6) is 1.56. The summed E-state index contributed by atoms with van der Waals surface area (Å²) in [5, 5.41) is 4.90. The molecule has 35 heavy (non-hydrogen) atoms. The Labute approximate surface area is 215 Å². The number of piperidine rings is 1. The molecule has 5 rings (SSSR count). The molecule has 0 spiro atoms. The van der Waals surface area contributed by atoms with Gasteiger partial charge in [-0.05, 0) is 44.0 Å². The van der Waals surface area contributed by atoms with Gasteiger partial charge in [0.1, 0.15) is 24.5 Å². The lowest BCUT2D eigenvalue weighted by Crippen LogP contribution is -2.43. The normalized spacial score (nSPS) is 16.2. The molecule has 2 aliphatic heterocycles. The van der Waals surface area contributed by atoms with E-state index in [1.54, 1.807) is 6.20 Å². The standard InChI is InChI=1S/C25H28ClFN4O3.ClH/c1-32-18-11-20-19(21(26)14-30-25(20)22(27)12-18)4-7-31-5-2-16(3-6-31)28-13-17-10-23-24(15-29-17)34-9-8-33-23;/h10-12,14-16,28H,2-9,13H2,1H3;1H. The maximum atomic E-state index is 14.4. The van der Waals surface area contributed by atoms with Gasteiger partial charge >= 0.3 is 0 Å². The highest BCUT2D eigenvalue weighted by molar-refractivity contribution is 6.32. The second kappa shape index (κ2) is 11.6. The van der Waals surface area contributed by atoms with Gasteiger partial charge in [-0.25, -0.2) is 4.39 Å². The van der Waals surface area contributed by atoms with E-state index >= 15 is 0 Å². The van der Waals surface area contributed by atoms with Crippen LogP contribution in [0.1, 0.15) is 24.1 Å². The molecule has 2 aromatic heterocycles. The number of nitrogens with zero attached hydrogens (tertiary/aromatic N) is 3. The minimum Gasteiger partial charge on any atom is -0.497 e. The number of hydrogen-bond donors (Lipinski definition) is 1. The molecular formula is C25H29Cl2FN4O3. The first-order valence-electron chi connectivity index (χ1n) is 11.6. The first-order chi connectivity index (χ1) is 16.6. The summed E-state index contributed by atoms with van der Waals surface area (Å²) < 4.78 is 30.9. The first-order valence-corrected chi connectivity index (χ1v) is 12.0. The number of rotatable bonds is 7. The molecule has 1 fully saturated rings. The molecule has 10 heteroatoms. The number of benzene rings is 1. The van der Waals surface area contributed by atoms with E-state index in [9.17, 15) is 4.39 Å². The second-order valence-electron chi connectivity index (χ2n) is 8.66. The third-order valence-corrected chi connectivity index (χ3v) is 6.84. The fourth-order valence-electron chi connectivity index (χ4n) is 4.60. The molecular weight excluding hydrogens is 494 g/mol. The minimum absolute atomic E-state index is 0. The Morgan fingerprint density at radius 3 is 2.66 bits per heavy atom. The molecule has 188 valence electrons. The van der Waals surface area contributed by atoms with E-state index in [1.807, 2.05) is 12.1 Å². The maximum absolute atomic E-state index is 14.4. The van der Waals surface area contributed by atoms with E-state index < -0.39 is 5.82 Å². The number of fused-ring (bicyclic) bond motifs is 2. The van der Waals surface area contributed by atoms with Gasteiger partial charge in [-0.2, -0.15) is 0 Å². The molecule has 0 atom stereocenters. The van der Waals surface area contributed by atoms with Crippen molar-refractivity contribution in [2.75, 3.05) is 40.0 Å². The van der Waals surface area contributed by atoms with Crippen molar-refractivity contribution in [2.45, 2.75) is 31.8 Å². The Bertz CT molecular complexity index is 1180.